The number of hydrogen-bond donors (Lipinski definition) is 1. The van der Waals surface area contributed by atoms with E-state index in [2.05, 4.69) is 15.3 Å². The highest BCUT2D eigenvalue weighted by molar-refractivity contribution is 7.92. The van der Waals surface area contributed by atoms with Gasteiger partial charge in [0.2, 0.25) is 0 Å². The molecule has 0 aliphatic rings. The summed E-state index contributed by atoms with van der Waals surface area (Å²) in [6, 6.07) is 14.0. The molecular formula is C26H25ClN4O9S. The van der Waals surface area contributed by atoms with Gasteiger partial charge in [0.25, 0.3) is 21.6 Å². The van der Waals surface area contributed by atoms with Crippen molar-refractivity contribution in [3.63, 3.8) is 0 Å². The van der Waals surface area contributed by atoms with E-state index in [9.17, 15) is 28.1 Å². The van der Waals surface area contributed by atoms with Gasteiger partial charge in [0.1, 0.15) is 18.0 Å². The molecular weight excluding hydrogens is 580 g/mol. The Bertz CT molecular complexity index is 1580. The van der Waals surface area contributed by atoms with Crippen LogP contribution in [0.4, 0.5) is 11.4 Å². The van der Waals surface area contributed by atoms with E-state index in [0.717, 1.165) is 10.4 Å². The lowest BCUT2D eigenvalue weighted by molar-refractivity contribution is -0.385. The van der Waals surface area contributed by atoms with Crippen molar-refractivity contribution in [2.45, 2.75) is 11.8 Å². The van der Waals surface area contributed by atoms with E-state index in [1.807, 2.05) is 0 Å². The Balaban J connectivity index is 1.86. The maximum Gasteiger partial charge on any atom is 0.343 e. The molecule has 41 heavy (non-hydrogen) atoms. The topological polar surface area (TPSA) is 167 Å². The SMILES string of the molecule is COC(=O)COc1ccc(/C=N\NC(=O)CN(c2cc(Cl)ccc2OC)S(=O)(=O)c2ccc(C)c([N+](=O)[O-])c2)cc1. The van der Waals surface area contributed by atoms with Crippen LogP contribution in [0.1, 0.15) is 11.1 Å². The van der Waals surface area contributed by atoms with Crippen molar-refractivity contribution < 1.29 is 37.1 Å². The first kappa shape index (κ1) is 30.8. The largest absolute Gasteiger partial charge is 0.495 e. The van der Waals surface area contributed by atoms with Crippen LogP contribution >= 0.6 is 11.6 Å². The number of nitrogens with zero attached hydrogens (tertiary/aromatic N) is 3. The van der Waals surface area contributed by atoms with E-state index in [1.54, 1.807) is 24.3 Å². The molecule has 0 spiro atoms. The number of carbonyl (C=O) groups excluding carboxylic acids is 2. The summed E-state index contributed by atoms with van der Waals surface area (Å²) in [4.78, 5) is 34.4. The van der Waals surface area contributed by atoms with Gasteiger partial charge in [-0.05, 0) is 61.0 Å². The smallest absolute Gasteiger partial charge is 0.343 e. The van der Waals surface area contributed by atoms with Crippen molar-refractivity contribution in [2.24, 2.45) is 5.10 Å². The number of hydrogen-bond acceptors (Lipinski definition) is 10. The van der Waals surface area contributed by atoms with Crippen LogP contribution in [0.25, 0.3) is 0 Å². The number of nitro groups is 1. The Kier molecular flexibility index (Phi) is 10.2. The van der Waals surface area contributed by atoms with Crippen LogP contribution in [-0.2, 0) is 24.3 Å². The van der Waals surface area contributed by atoms with Crippen LogP contribution in [0, 0.1) is 17.0 Å². The van der Waals surface area contributed by atoms with E-state index < -0.39 is 44.0 Å². The lowest BCUT2D eigenvalue weighted by Gasteiger charge is -2.25. The van der Waals surface area contributed by atoms with Crippen molar-refractivity contribution in [1.29, 1.82) is 0 Å². The summed E-state index contributed by atoms with van der Waals surface area (Å²) < 4.78 is 43.2. The standard InChI is InChI=1S/C26H25ClN4O9S/c1-17-4-10-21(13-22(17)31(34)35)41(36,37)30(23-12-19(27)7-11-24(23)38-2)15-25(32)29-28-14-18-5-8-20(9-6-18)40-16-26(33)39-3/h4-14H,15-16H2,1-3H3,(H,29,32)/b28-14-. The summed E-state index contributed by atoms with van der Waals surface area (Å²) in [6.45, 7) is 0.450. The van der Waals surface area contributed by atoms with Crippen LogP contribution in [0.15, 0.2) is 70.7 Å². The molecule has 0 aliphatic carbocycles. The number of ether oxygens (including phenoxy) is 3. The lowest BCUT2D eigenvalue weighted by atomic mass is 10.2. The quantitative estimate of drug-likeness (QED) is 0.141. The number of carbonyl (C=O) groups is 2. The minimum absolute atomic E-state index is 0.0649. The average Bonchev–Trinajstić information content (AvgIpc) is 2.95. The fourth-order valence-corrected chi connectivity index (χ4v) is 5.04. The number of rotatable bonds is 12. The van der Waals surface area contributed by atoms with Gasteiger partial charge in [0.15, 0.2) is 6.61 Å². The highest BCUT2D eigenvalue weighted by Crippen LogP contribution is 2.35. The highest BCUT2D eigenvalue weighted by atomic mass is 35.5. The molecule has 0 bridgehead atoms. The first-order valence-corrected chi connectivity index (χ1v) is 13.5. The Hall–Kier alpha value is -4.69. The van der Waals surface area contributed by atoms with E-state index in [4.69, 9.17) is 21.1 Å². The monoisotopic (exact) mass is 604 g/mol. The number of aryl methyl sites for hydroxylation is 1. The summed E-state index contributed by atoms with van der Waals surface area (Å²) in [6.07, 6.45) is 1.31. The molecule has 0 unspecified atom stereocenters. The number of sulfonamides is 1. The first-order valence-electron chi connectivity index (χ1n) is 11.7. The Morgan fingerprint density at radius 1 is 1.10 bits per heavy atom. The number of anilines is 1. The van der Waals surface area contributed by atoms with Gasteiger partial charge >= 0.3 is 5.97 Å². The van der Waals surface area contributed by atoms with Gasteiger partial charge in [-0.1, -0.05) is 17.7 Å². The third-order valence-electron chi connectivity index (χ3n) is 5.53. The Morgan fingerprint density at radius 2 is 1.80 bits per heavy atom. The summed E-state index contributed by atoms with van der Waals surface area (Å²) in [5, 5.41) is 15.5. The van der Waals surface area contributed by atoms with E-state index in [1.165, 1.54) is 57.7 Å². The van der Waals surface area contributed by atoms with E-state index in [0.29, 0.717) is 11.3 Å². The van der Waals surface area contributed by atoms with Crippen LogP contribution in [0.3, 0.4) is 0 Å². The number of halogens is 1. The third-order valence-corrected chi connectivity index (χ3v) is 7.52. The zero-order chi connectivity index (χ0) is 30.2. The molecule has 3 rings (SSSR count). The average molecular weight is 605 g/mol. The molecule has 15 heteroatoms. The Morgan fingerprint density at radius 3 is 2.44 bits per heavy atom. The number of methoxy groups -OCH3 is 2. The summed E-state index contributed by atoms with van der Waals surface area (Å²) in [5.74, 6) is -0.869. The molecule has 0 heterocycles. The molecule has 1 amide bonds. The fraction of sp³-hybridized carbons (Fsp3) is 0.192. The summed E-state index contributed by atoms with van der Waals surface area (Å²) in [7, 11) is -1.98. The highest BCUT2D eigenvalue weighted by Gasteiger charge is 2.31. The second-order valence-electron chi connectivity index (χ2n) is 8.26. The Labute approximate surface area is 240 Å². The number of nitro benzene ring substituents is 1. The van der Waals surface area contributed by atoms with Crippen molar-refractivity contribution in [3.8, 4) is 11.5 Å². The molecule has 3 aromatic rings. The molecule has 0 saturated heterocycles. The van der Waals surface area contributed by atoms with Gasteiger partial charge < -0.3 is 14.2 Å². The second kappa shape index (κ2) is 13.6. The van der Waals surface area contributed by atoms with E-state index >= 15 is 0 Å². The number of amides is 1. The van der Waals surface area contributed by atoms with Gasteiger partial charge in [-0.25, -0.2) is 18.6 Å². The van der Waals surface area contributed by atoms with Crippen LogP contribution in [-0.4, -0.2) is 58.8 Å². The molecule has 13 nitrogen and oxygen atoms in total. The van der Waals surface area contributed by atoms with Crippen LogP contribution < -0.4 is 19.2 Å². The lowest BCUT2D eigenvalue weighted by Crippen LogP contribution is -2.39. The summed E-state index contributed by atoms with van der Waals surface area (Å²) in [5.41, 5.74) is 2.61. The third kappa shape index (κ3) is 7.93. The number of nitrogens with one attached hydrogen (secondary N) is 1. The first-order chi connectivity index (χ1) is 19.5. The minimum atomic E-state index is -4.54. The predicted molar refractivity (Wildman–Crippen MR) is 150 cm³/mol. The molecule has 1 N–H and O–H groups in total. The normalized spacial score (nSPS) is 11.1. The number of hydrazone groups is 1. The number of esters is 1. The van der Waals surface area contributed by atoms with Gasteiger partial charge in [-0.3, -0.25) is 19.2 Å². The van der Waals surface area contributed by atoms with Crippen molar-refractivity contribution >= 4 is 51.1 Å². The van der Waals surface area contributed by atoms with Crippen molar-refractivity contribution in [2.75, 3.05) is 31.7 Å². The molecule has 216 valence electrons. The van der Waals surface area contributed by atoms with Gasteiger partial charge in [0, 0.05) is 16.7 Å². The van der Waals surface area contributed by atoms with Crippen LogP contribution in [0.5, 0.6) is 11.5 Å². The molecule has 0 fully saturated rings. The number of benzene rings is 3. The van der Waals surface area contributed by atoms with Crippen molar-refractivity contribution in [3.05, 3.63) is 86.9 Å². The maximum atomic E-state index is 13.7. The molecule has 0 atom stereocenters. The summed E-state index contributed by atoms with van der Waals surface area (Å²) >= 11 is 6.12. The maximum absolute atomic E-state index is 13.7. The molecule has 0 radical (unpaired) electrons. The van der Waals surface area contributed by atoms with Gasteiger partial charge in [0.05, 0.1) is 35.9 Å². The van der Waals surface area contributed by atoms with E-state index in [-0.39, 0.29) is 28.6 Å². The van der Waals surface area contributed by atoms with Gasteiger partial charge in [-0.2, -0.15) is 5.10 Å². The zero-order valence-corrected chi connectivity index (χ0v) is 23.6. The molecule has 3 aromatic carbocycles. The molecule has 0 aromatic heterocycles. The van der Waals surface area contributed by atoms with Crippen molar-refractivity contribution in [1.82, 2.24) is 5.43 Å². The molecule has 0 aliphatic heterocycles. The predicted octanol–water partition coefficient (Wildman–Crippen LogP) is 3.46. The fourth-order valence-electron chi connectivity index (χ4n) is 3.43. The molecule has 0 saturated carbocycles. The second-order valence-corrected chi connectivity index (χ2v) is 10.6. The van der Waals surface area contributed by atoms with Gasteiger partial charge in [-0.15, -0.1) is 0 Å². The minimum Gasteiger partial charge on any atom is -0.495 e. The zero-order valence-electron chi connectivity index (χ0n) is 22.1. The van der Waals surface area contributed by atoms with Crippen LogP contribution in [0.2, 0.25) is 5.02 Å².